The summed E-state index contributed by atoms with van der Waals surface area (Å²) in [5.74, 6) is -0.166. The van der Waals surface area contributed by atoms with E-state index in [1.807, 2.05) is 6.20 Å². The van der Waals surface area contributed by atoms with Crippen LogP contribution in [0.5, 0.6) is 0 Å². The number of hydrogen-bond donors (Lipinski definition) is 1. The Hall–Kier alpha value is -1.46. The number of rotatable bonds is 23. The lowest BCUT2D eigenvalue weighted by atomic mass is 10.0. The molecule has 1 rings (SSSR count). The van der Waals surface area contributed by atoms with Crippen LogP contribution in [0.25, 0.3) is 0 Å². The molecule has 0 fully saturated rings. The Morgan fingerprint density at radius 2 is 1.39 bits per heavy atom. The van der Waals surface area contributed by atoms with Gasteiger partial charge in [0.05, 0.1) is 12.2 Å². The van der Waals surface area contributed by atoms with Gasteiger partial charge in [0.15, 0.2) is 0 Å². The molecular formula is C28H51N3O2. The molecule has 0 amide bonds. The van der Waals surface area contributed by atoms with Gasteiger partial charge in [-0.05, 0) is 25.7 Å². The largest absolute Gasteiger partial charge is 0.544 e. The molecule has 0 saturated carbocycles. The molecular weight excluding hydrogens is 410 g/mol. The van der Waals surface area contributed by atoms with Crippen molar-refractivity contribution in [2.45, 2.75) is 122 Å². The summed E-state index contributed by atoms with van der Waals surface area (Å²) in [5.41, 5.74) is 5.71. The van der Waals surface area contributed by atoms with E-state index in [9.17, 15) is 9.90 Å². The van der Waals surface area contributed by atoms with Gasteiger partial charge >= 0.3 is 0 Å². The highest BCUT2D eigenvalue weighted by molar-refractivity contribution is 5.80. The molecule has 1 aliphatic rings. The van der Waals surface area contributed by atoms with E-state index in [0.29, 0.717) is 13.1 Å². The predicted molar refractivity (Wildman–Crippen MR) is 139 cm³/mol. The van der Waals surface area contributed by atoms with Crippen LogP contribution in [0.1, 0.15) is 122 Å². The average molecular weight is 462 g/mol. The number of aliphatic imine (C=N–C) groups is 1. The van der Waals surface area contributed by atoms with Gasteiger partial charge in [0.25, 0.3) is 0 Å². The number of carbonyl (C=O) groups is 1. The van der Waals surface area contributed by atoms with Crippen molar-refractivity contribution in [1.29, 1.82) is 0 Å². The fourth-order valence-corrected chi connectivity index (χ4v) is 4.69. The number of allylic oxidation sites excluding steroid dienone is 2. The third-order valence-electron chi connectivity index (χ3n) is 6.69. The van der Waals surface area contributed by atoms with Crippen molar-refractivity contribution in [1.82, 2.24) is 0 Å². The molecule has 1 aliphatic heterocycles. The molecule has 5 heteroatoms. The third kappa shape index (κ3) is 14.4. The molecule has 5 nitrogen and oxygen atoms in total. The normalized spacial score (nSPS) is 17.8. The van der Waals surface area contributed by atoms with Crippen molar-refractivity contribution >= 4 is 11.8 Å². The molecule has 1 unspecified atom stereocenters. The first-order valence-electron chi connectivity index (χ1n) is 13.8. The molecule has 0 saturated heterocycles. The van der Waals surface area contributed by atoms with E-state index in [1.165, 1.54) is 96.3 Å². The van der Waals surface area contributed by atoms with Crippen LogP contribution in [0.2, 0.25) is 0 Å². The number of carboxylic acid groups (broad SMARTS) is 1. The van der Waals surface area contributed by atoms with Gasteiger partial charge in [0.1, 0.15) is 19.3 Å². The fourth-order valence-electron chi connectivity index (χ4n) is 4.69. The first-order valence-corrected chi connectivity index (χ1v) is 13.8. The molecule has 0 bridgehead atoms. The summed E-state index contributed by atoms with van der Waals surface area (Å²) in [5, 5.41) is 11.2. The topological polar surface area (TPSA) is 78.5 Å². The quantitative estimate of drug-likeness (QED) is 0.115. The summed E-state index contributed by atoms with van der Waals surface area (Å²) < 4.78 is 0.224. The number of aliphatic carboxylic acids is 1. The van der Waals surface area contributed by atoms with E-state index < -0.39 is 5.97 Å². The lowest BCUT2D eigenvalue weighted by molar-refractivity contribution is -0.780. The van der Waals surface area contributed by atoms with Crippen LogP contribution < -0.4 is 10.8 Å². The van der Waals surface area contributed by atoms with Crippen molar-refractivity contribution in [3.05, 3.63) is 24.6 Å². The standard InChI is InChI=1S/C28H51N3O2/c1-2-3-4-5-6-7-8-9-10-11-12-13-14-15-16-17-18-19-20-21-27-30-23-25-31(27,24-22-29)26-28(32)33/h17-18,23,25H,2-16,19-22,24,26,29H2,1H3/b18-17+. The van der Waals surface area contributed by atoms with Gasteiger partial charge in [-0.15, -0.1) is 0 Å². The van der Waals surface area contributed by atoms with Crippen LogP contribution in [-0.4, -0.2) is 35.9 Å². The molecule has 0 aromatic rings. The molecule has 0 radical (unpaired) electrons. The van der Waals surface area contributed by atoms with Crippen LogP contribution in [0.15, 0.2) is 29.5 Å². The van der Waals surface area contributed by atoms with E-state index in [4.69, 9.17) is 5.73 Å². The maximum absolute atomic E-state index is 11.2. The number of quaternary nitrogens is 1. The van der Waals surface area contributed by atoms with E-state index in [-0.39, 0.29) is 11.0 Å². The maximum Gasteiger partial charge on any atom is 0.207 e. The van der Waals surface area contributed by atoms with Crippen molar-refractivity contribution < 1.29 is 14.4 Å². The monoisotopic (exact) mass is 461 g/mol. The van der Waals surface area contributed by atoms with E-state index in [2.05, 4.69) is 24.1 Å². The number of amidine groups is 1. The van der Waals surface area contributed by atoms with Gasteiger partial charge in [-0.3, -0.25) is 0 Å². The first-order chi connectivity index (χ1) is 16.1. The Balaban J connectivity index is 1.94. The summed E-state index contributed by atoms with van der Waals surface area (Å²) in [4.78, 5) is 15.6. The highest BCUT2D eigenvalue weighted by Crippen LogP contribution is 2.20. The van der Waals surface area contributed by atoms with E-state index >= 15 is 0 Å². The minimum atomic E-state index is -1.06. The Morgan fingerprint density at radius 3 is 1.91 bits per heavy atom. The molecule has 1 atom stereocenters. The highest BCUT2D eigenvalue weighted by Gasteiger charge is 2.34. The number of carboxylic acids is 1. The van der Waals surface area contributed by atoms with Crippen LogP contribution in [0.3, 0.4) is 0 Å². The number of unbranched alkanes of at least 4 members (excludes halogenated alkanes) is 15. The van der Waals surface area contributed by atoms with Crippen LogP contribution in [0, 0.1) is 0 Å². The Kier molecular flexibility index (Phi) is 17.9. The number of carbonyl (C=O) groups excluding carboxylic acids is 1. The van der Waals surface area contributed by atoms with Gasteiger partial charge in [-0.25, -0.2) is 9.48 Å². The van der Waals surface area contributed by atoms with E-state index in [1.54, 1.807) is 6.20 Å². The zero-order valence-corrected chi connectivity index (χ0v) is 21.4. The molecule has 0 aliphatic carbocycles. The first kappa shape index (κ1) is 29.6. The number of nitrogens with zero attached hydrogens (tertiary/aromatic N) is 2. The average Bonchev–Trinajstić information content (AvgIpc) is 3.16. The molecule has 190 valence electrons. The molecule has 2 N–H and O–H groups in total. The second-order valence-corrected chi connectivity index (χ2v) is 9.67. The van der Waals surface area contributed by atoms with E-state index in [0.717, 1.165) is 25.1 Å². The van der Waals surface area contributed by atoms with Gasteiger partial charge < -0.3 is 15.6 Å². The van der Waals surface area contributed by atoms with Crippen molar-refractivity contribution in [2.24, 2.45) is 10.7 Å². The lowest BCUT2D eigenvalue weighted by Gasteiger charge is -2.32. The lowest BCUT2D eigenvalue weighted by Crippen LogP contribution is -2.55. The molecule has 1 heterocycles. The maximum atomic E-state index is 11.2. The van der Waals surface area contributed by atoms with Gasteiger partial charge in [0, 0.05) is 13.0 Å². The summed E-state index contributed by atoms with van der Waals surface area (Å²) >= 11 is 0. The Labute approximate surface area is 203 Å². The third-order valence-corrected chi connectivity index (χ3v) is 6.69. The van der Waals surface area contributed by atoms with Crippen LogP contribution in [0.4, 0.5) is 0 Å². The summed E-state index contributed by atoms with van der Waals surface area (Å²) in [7, 11) is 0. The van der Waals surface area contributed by atoms with Gasteiger partial charge in [0.2, 0.25) is 5.84 Å². The van der Waals surface area contributed by atoms with Crippen LogP contribution >= 0.6 is 0 Å². The molecule has 0 spiro atoms. The van der Waals surface area contributed by atoms with Gasteiger partial charge in [-0.1, -0.05) is 103 Å². The Bertz CT molecular complexity index is 586. The fraction of sp³-hybridized carbons (Fsp3) is 0.786. The minimum absolute atomic E-state index is 0.0818. The zero-order chi connectivity index (χ0) is 24.0. The second-order valence-electron chi connectivity index (χ2n) is 9.67. The number of nitrogens with two attached hydrogens (primary N) is 1. The summed E-state index contributed by atoms with van der Waals surface area (Å²) in [6.07, 6.45) is 31.6. The minimum Gasteiger partial charge on any atom is -0.544 e. The van der Waals surface area contributed by atoms with Crippen molar-refractivity contribution in [2.75, 3.05) is 19.6 Å². The predicted octanol–water partition coefficient (Wildman–Crippen LogP) is 5.99. The Morgan fingerprint density at radius 1 is 0.879 bits per heavy atom. The SMILES string of the molecule is CCCCCCCCCCCCCCCC/C=C/CCCC1=NC=C[N+]1(CCN)CC(=O)[O-]. The molecule has 0 aromatic heterocycles. The molecule has 0 aromatic carbocycles. The smallest absolute Gasteiger partial charge is 0.207 e. The zero-order valence-electron chi connectivity index (χ0n) is 21.4. The number of hydrogen-bond acceptors (Lipinski definition) is 4. The highest BCUT2D eigenvalue weighted by atomic mass is 16.4. The molecule has 33 heavy (non-hydrogen) atoms. The summed E-state index contributed by atoms with van der Waals surface area (Å²) in [6, 6.07) is 0. The summed E-state index contributed by atoms with van der Waals surface area (Å²) in [6.45, 7) is 3.18. The van der Waals surface area contributed by atoms with Gasteiger partial charge in [-0.2, -0.15) is 0 Å². The van der Waals surface area contributed by atoms with Crippen molar-refractivity contribution in [3.8, 4) is 0 Å². The second kappa shape index (κ2) is 20.0. The van der Waals surface area contributed by atoms with Crippen LogP contribution in [-0.2, 0) is 4.79 Å². The van der Waals surface area contributed by atoms with Crippen molar-refractivity contribution in [3.63, 3.8) is 0 Å².